The van der Waals surface area contributed by atoms with E-state index in [-0.39, 0.29) is 29.6 Å². The first-order valence-corrected chi connectivity index (χ1v) is 11.2. The summed E-state index contributed by atoms with van der Waals surface area (Å²) in [7, 11) is 0. The van der Waals surface area contributed by atoms with Gasteiger partial charge in [0.05, 0.1) is 5.56 Å². The highest BCUT2D eigenvalue weighted by Crippen LogP contribution is 2.36. The molecule has 0 bridgehead atoms. The molecule has 1 aliphatic rings. The summed E-state index contributed by atoms with van der Waals surface area (Å²) in [5.41, 5.74) is 2.24. The Morgan fingerprint density at radius 2 is 1.57 bits per heavy atom. The molecule has 0 saturated carbocycles. The van der Waals surface area contributed by atoms with Crippen LogP contribution in [0.1, 0.15) is 32.7 Å². The molecular formula is C27H18F5N3O2. The molecule has 5 nitrogen and oxygen atoms in total. The minimum Gasteiger partial charge on any atom is -0.348 e. The van der Waals surface area contributed by atoms with Crippen LogP contribution < -0.4 is 5.32 Å². The number of carbonyl (C=O) groups is 2. The number of H-pyrrole nitrogens is 1. The second-order valence-electron chi connectivity index (χ2n) is 8.76. The van der Waals surface area contributed by atoms with Gasteiger partial charge in [0, 0.05) is 54.0 Å². The number of aromatic amines is 1. The van der Waals surface area contributed by atoms with Crippen LogP contribution in [0.3, 0.4) is 0 Å². The molecule has 3 aromatic carbocycles. The van der Waals surface area contributed by atoms with Gasteiger partial charge in [0.25, 0.3) is 5.91 Å². The Labute approximate surface area is 207 Å². The van der Waals surface area contributed by atoms with E-state index in [2.05, 4.69) is 15.3 Å². The van der Waals surface area contributed by atoms with Crippen molar-refractivity contribution in [2.75, 3.05) is 0 Å². The zero-order valence-corrected chi connectivity index (χ0v) is 19.3. The Morgan fingerprint density at radius 3 is 2.22 bits per heavy atom. The number of carbonyl (C=O) groups excluding carboxylic acids is 2. The Kier molecular flexibility index (Phi) is 6.10. The number of Topliss-reactive ketones (excluding diaryl/α,β-unsaturated/α-hetero) is 1. The molecule has 0 aliphatic carbocycles. The van der Waals surface area contributed by atoms with Crippen molar-refractivity contribution in [3.05, 3.63) is 99.6 Å². The molecule has 0 fully saturated rings. The first kappa shape index (κ1) is 24.4. The van der Waals surface area contributed by atoms with Gasteiger partial charge in [-0.15, -0.1) is 0 Å². The zero-order valence-electron chi connectivity index (χ0n) is 19.3. The molecule has 1 amide bonds. The zero-order chi connectivity index (χ0) is 26.4. The number of nitrogens with one attached hydrogen (secondary N) is 2. The normalized spacial score (nSPS) is 12.5. The minimum atomic E-state index is -1.64. The quantitative estimate of drug-likeness (QED) is 0.271. The third-order valence-electron chi connectivity index (χ3n) is 6.23. The topological polar surface area (TPSA) is 74.8 Å². The number of imidazole rings is 1. The number of benzene rings is 3. The molecule has 5 rings (SSSR count). The molecule has 37 heavy (non-hydrogen) atoms. The Hall–Kier alpha value is -4.34. The van der Waals surface area contributed by atoms with Crippen molar-refractivity contribution in [3.8, 4) is 22.5 Å². The second kappa shape index (κ2) is 9.27. The van der Waals surface area contributed by atoms with Gasteiger partial charge in [0.1, 0.15) is 17.4 Å². The van der Waals surface area contributed by atoms with E-state index in [1.807, 2.05) is 6.92 Å². The van der Waals surface area contributed by atoms with Crippen molar-refractivity contribution in [3.63, 3.8) is 0 Å². The van der Waals surface area contributed by atoms with Gasteiger partial charge in [-0.1, -0.05) is 18.2 Å². The van der Waals surface area contributed by atoms with E-state index in [0.29, 0.717) is 28.1 Å². The summed E-state index contributed by atoms with van der Waals surface area (Å²) in [6.45, 7) is 2.02. The molecule has 0 saturated heterocycles. The predicted octanol–water partition coefficient (Wildman–Crippen LogP) is 5.35. The molecular weight excluding hydrogens is 493 g/mol. The maximum atomic E-state index is 15.2. The fourth-order valence-electron chi connectivity index (χ4n) is 4.50. The minimum absolute atomic E-state index is 0.0643. The monoisotopic (exact) mass is 511 g/mol. The maximum absolute atomic E-state index is 15.2. The molecule has 188 valence electrons. The van der Waals surface area contributed by atoms with Crippen LogP contribution in [-0.4, -0.2) is 21.7 Å². The summed E-state index contributed by atoms with van der Waals surface area (Å²) in [6.07, 6.45) is 0.323. The lowest BCUT2D eigenvalue weighted by Crippen LogP contribution is -2.13. The largest absolute Gasteiger partial charge is 0.348 e. The Balaban J connectivity index is 1.43. The molecule has 0 atom stereocenters. The number of rotatable bonds is 6. The van der Waals surface area contributed by atoms with Crippen LogP contribution in [0.25, 0.3) is 22.5 Å². The second-order valence-corrected chi connectivity index (χ2v) is 8.76. The van der Waals surface area contributed by atoms with Crippen LogP contribution in [0.2, 0.25) is 0 Å². The number of aryl methyl sites for hydroxylation is 1. The number of aromatic nitrogens is 2. The molecule has 1 aliphatic heterocycles. The average molecular weight is 511 g/mol. The fourth-order valence-corrected chi connectivity index (χ4v) is 4.50. The summed E-state index contributed by atoms with van der Waals surface area (Å²) < 4.78 is 69.8. The summed E-state index contributed by atoms with van der Waals surface area (Å²) in [6, 6.07) is 7.43. The van der Waals surface area contributed by atoms with Crippen molar-refractivity contribution in [1.29, 1.82) is 0 Å². The molecule has 2 heterocycles. The maximum Gasteiger partial charge on any atom is 0.252 e. The molecule has 0 radical (unpaired) electrons. The molecule has 2 N–H and O–H groups in total. The van der Waals surface area contributed by atoms with Gasteiger partial charge in [0.15, 0.2) is 23.3 Å². The Bertz CT molecular complexity index is 1570. The highest BCUT2D eigenvalue weighted by molar-refractivity contribution is 6.06. The molecule has 4 aromatic rings. The lowest BCUT2D eigenvalue weighted by Gasteiger charge is -2.12. The van der Waals surface area contributed by atoms with Gasteiger partial charge < -0.3 is 10.3 Å². The number of hydrogen-bond acceptors (Lipinski definition) is 3. The summed E-state index contributed by atoms with van der Waals surface area (Å²) in [4.78, 5) is 32.3. The first-order chi connectivity index (χ1) is 17.6. The highest BCUT2D eigenvalue weighted by atomic mass is 19.2. The smallest absolute Gasteiger partial charge is 0.252 e. The SMILES string of the molecule is Cc1cnc(-c2ccc(-c3ccc(CC(=O)Cc4c(F)c(F)cc(F)c4F)cc3F)c3c2C(=O)NC3)[nH]1. The molecule has 1 aromatic heterocycles. The van der Waals surface area contributed by atoms with Gasteiger partial charge in [-0.2, -0.15) is 0 Å². The van der Waals surface area contributed by atoms with Crippen LogP contribution in [0.15, 0.2) is 42.6 Å². The first-order valence-electron chi connectivity index (χ1n) is 11.2. The van der Waals surface area contributed by atoms with E-state index in [9.17, 15) is 27.2 Å². The molecule has 0 spiro atoms. The van der Waals surface area contributed by atoms with Crippen molar-refractivity contribution < 1.29 is 31.5 Å². The lowest BCUT2D eigenvalue weighted by molar-refractivity contribution is -0.117. The number of amides is 1. The predicted molar refractivity (Wildman–Crippen MR) is 124 cm³/mol. The average Bonchev–Trinajstić information content (AvgIpc) is 3.46. The van der Waals surface area contributed by atoms with E-state index in [4.69, 9.17) is 0 Å². The van der Waals surface area contributed by atoms with Crippen molar-refractivity contribution in [1.82, 2.24) is 15.3 Å². The lowest BCUT2D eigenvalue weighted by atomic mass is 9.91. The third-order valence-corrected chi connectivity index (χ3v) is 6.23. The van der Waals surface area contributed by atoms with Gasteiger partial charge in [-0.3, -0.25) is 9.59 Å². The van der Waals surface area contributed by atoms with Gasteiger partial charge in [-0.05, 0) is 35.7 Å². The molecule has 0 unspecified atom stereocenters. The molecule has 10 heteroatoms. The summed E-state index contributed by atoms with van der Waals surface area (Å²) >= 11 is 0. The summed E-state index contributed by atoms with van der Waals surface area (Å²) in [5.74, 6) is -7.73. The van der Waals surface area contributed by atoms with E-state index in [0.717, 1.165) is 11.8 Å². The van der Waals surface area contributed by atoms with E-state index in [1.54, 1.807) is 18.3 Å². The van der Waals surface area contributed by atoms with Crippen LogP contribution in [0.4, 0.5) is 22.0 Å². The van der Waals surface area contributed by atoms with Crippen LogP contribution >= 0.6 is 0 Å². The fraction of sp³-hybridized carbons (Fsp3) is 0.148. The Morgan fingerprint density at radius 1 is 0.892 bits per heavy atom. The highest BCUT2D eigenvalue weighted by Gasteiger charge is 2.28. The van der Waals surface area contributed by atoms with E-state index in [1.165, 1.54) is 12.1 Å². The summed E-state index contributed by atoms with van der Waals surface area (Å²) in [5, 5.41) is 2.75. The van der Waals surface area contributed by atoms with Crippen LogP contribution in [0, 0.1) is 36.0 Å². The van der Waals surface area contributed by atoms with Crippen molar-refractivity contribution in [2.45, 2.75) is 26.3 Å². The number of nitrogens with zero attached hydrogens (tertiary/aromatic N) is 1. The van der Waals surface area contributed by atoms with E-state index >= 15 is 4.39 Å². The van der Waals surface area contributed by atoms with Crippen LogP contribution in [0.5, 0.6) is 0 Å². The van der Waals surface area contributed by atoms with E-state index < -0.39 is 53.3 Å². The van der Waals surface area contributed by atoms with Gasteiger partial charge in [0.2, 0.25) is 0 Å². The van der Waals surface area contributed by atoms with Crippen molar-refractivity contribution >= 4 is 11.7 Å². The number of halogens is 5. The van der Waals surface area contributed by atoms with Gasteiger partial charge >= 0.3 is 0 Å². The third kappa shape index (κ3) is 4.39. The van der Waals surface area contributed by atoms with Gasteiger partial charge in [-0.25, -0.2) is 26.9 Å². The number of fused-ring (bicyclic) bond motifs is 1. The van der Waals surface area contributed by atoms with Crippen LogP contribution in [-0.2, 0) is 24.2 Å². The number of hydrogen-bond donors (Lipinski definition) is 2. The van der Waals surface area contributed by atoms with Crippen molar-refractivity contribution in [2.24, 2.45) is 0 Å². The number of ketones is 1. The standard InChI is InChI=1S/C27H18F5N3O2/c1-12-10-33-26(35-12)17-5-4-15(19-11-34-27(37)23(17)19)16-3-2-13(7-20(16)28)6-14(36)8-18-24(31)21(29)9-22(30)25(18)32/h2-5,7,9-10H,6,8,11H2,1H3,(H,33,35)(H,34,37).